The fraction of sp³-hybridized carbons (Fsp3) is 0.462. The number of aliphatic hydroxyl groups excluding tert-OH is 1. The lowest BCUT2D eigenvalue weighted by Gasteiger charge is -2.11. The number of ether oxygens (including phenoxy) is 2. The Hall–Kier alpha value is -1.75. The van der Waals surface area contributed by atoms with Gasteiger partial charge in [-0.2, -0.15) is 0 Å². The molecule has 0 heterocycles. The topological polar surface area (TPSA) is 76.0 Å². The van der Waals surface area contributed by atoms with E-state index in [2.05, 4.69) is 0 Å². The van der Waals surface area contributed by atoms with Crippen LogP contribution in [0.4, 0.5) is 0 Å². The molecule has 0 amide bonds. The Morgan fingerprint density at radius 2 is 2.00 bits per heavy atom. The fourth-order valence-corrected chi connectivity index (χ4v) is 1.49. The Bertz CT molecular complexity index is 389. The molecule has 0 aromatic heterocycles. The van der Waals surface area contributed by atoms with Gasteiger partial charge in [-0.25, -0.2) is 4.79 Å². The van der Waals surface area contributed by atoms with Crippen LogP contribution in [0.15, 0.2) is 18.2 Å². The third kappa shape index (κ3) is 4.25. The number of methoxy groups -OCH3 is 1. The van der Waals surface area contributed by atoms with E-state index in [1.54, 1.807) is 6.07 Å². The Balaban J connectivity index is 2.57. The van der Waals surface area contributed by atoms with E-state index in [1.165, 1.54) is 19.2 Å². The van der Waals surface area contributed by atoms with E-state index in [-0.39, 0.29) is 12.2 Å². The summed E-state index contributed by atoms with van der Waals surface area (Å²) in [6, 6.07) is 4.51. The van der Waals surface area contributed by atoms with Gasteiger partial charge in [0, 0.05) is 6.61 Å². The molecule has 0 saturated heterocycles. The van der Waals surface area contributed by atoms with Gasteiger partial charge in [0.25, 0.3) is 0 Å². The molecule has 100 valence electrons. The van der Waals surface area contributed by atoms with Crippen molar-refractivity contribution < 1.29 is 24.5 Å². The number of unbranched alkanes of at least 4 members (excludes halogenated alkanes) is 2. The zero-order chi connectivity index (χ0) is 13.4. The van der Waals surface area contributed by atoms with Gasteiger partial charge in [-0.1, -0.05) is 0 Å². The quantitative estimate of drug-likeness (QED) is 0.693. The molecule has 18 heavy (non-hydrogen) atoms. The largest absolute Gasteiger partial charge is 0.493 e. The number of carbonyl (C=O) groups is 1. The summed E-state index contributed by atoms with van der Waals surface area (Å²) in [6.45, 7) is 0.708. The molecule has 0 unspecified atom stereocenters. The molecule has 0 radical (unpaired) electrons. The first-order chi connectivity index (χ1) is 8.69. The van der Waals surface area contributed by atoms with Gasteiger partial charge < -0.3 is 19.7 Å². The lowest BCUT2D eigenvalue weighted by atomic mass is 10.2. The number of aliphatic hydroxyl groups is 1. The maximum Gasteiger partial charge on any atom is 0.335 e. The zero-order valence-electron chi connectivity index (χ0n) is 10.4. The van der Waals surface area contributed by atoms with Gasteiger partial charge in [0.2, 0.25) is 0 Å². The minimum atomic E-state index is -0.997. The van der Waals surface area contributed by atoms with Crippen molar-refractivity contribution in [3.63, 3.8) is 0 Å². The summed E-state index contributed by atoms with van der Waals surface area (Å²) in [5.41, 5.74) is 0.166. The summed E-state index contributed by atoms with van der Waals surface area (Å²) in [5.74, 6) is -0.0497. The minimum Gasteiger partial charge on any atom is -0.493 e. The maximum absolute atomic E-state index is 10.8. The second kappa shape index (κ2) is 7.55. The van der Waals surface area contributed by atoms with Crippen molar-refractivity contribution in [2.24, 2.45) is 0 Å². The van der Waals surface area contributed by atoms with Crippen LogP contribution in [0, 0.1) is 0 Å². The number of rotatable bonds is 8. The van der Waals surface area contributed by atoms with Gasteiger partial charge >= 0.3 is 5.97 Å². The van der Waals surface area contributed by atoms with E-state index >= 15 is 0 Å². The second-order valence-corrected chi connectivity index (χ2v) is 3.80. The van der Waals surface area contributed by atoms with Gasteiger partial charge in [-0.05, 0) is 37.5 Å². The number of hydrogen-bond acceptors (Lipinski definition) is 4. The van der Waals surface area contributed by atoms with Crippen LogP contribution in [-0.4, -0.2) is 36.5 Å². The Morgan fingerprint density at radius 3 is 2.61 bits per heavy atom. The Labute approximate surface area is 106 Å². The first-order valence-electron chi connectivity index (χ1n) is 5.84. The van der Waals surface area contributed by atoms with Crippen LogP contribution in [-0.2, 0) is 0 Å². The molecule has 0 spiro atoms. The van der Waals surface area contributed by atoms with Crippen molar-refractivity contribution in [1.29, 1.82) is 0 Å². The molecule has 0 atom stereocenters. The average Bonchev–Trinajstić information content (AvgIpc) is 2.38. The summed E-state index contributed by atoms with van der Waals surface area (Å²) in [7, 11) is 1.47. The summed E-state index contributed by atoms with van der Waals surface area (Å²) < 4.78 is 10.6. The lowest BCUT2D eigenvalue weighted by molar-refractivity contribution is 0.0696. The van der Waals surface area contributed by atoms with Crippen molar-refractivity contribution in [3.8, 4) is 11.5 Å². The highest BCUT2D eigenvalue weighted by atomic mass is 16.5. The summed E-state index contributed by atoms with van der Waals surface area (Å²) in [5, 5.41) is 17.5. The standard InChI is InChI=1S/C13H18O5/c1-17-12-9-10(13(15)16)5-6-11(12)18-8-4-2-3-7-14/h5-6,9,14H,2-4,7-8H2,1H3,(H,15,16). The molecule has 1 rings (SSSR count). The molecule has 0 bridgehead atoms. The second-order valence-electron chi connectivity index (χ2n) is 3.80. The molecular weight excluding hydrogens is 236 g/mol. The molecule has 5 heteroatoms. The van der Waals surface area contributed by atoms with Gasteiger partial charge in [0.15, 0.2) is 11.5 Å². The predicted octanol–water partition coefficient (Wildman–Crippen LogP) is 1.93. The van der Waals surface area contributed by atoms with Gasteiger partial charge in [0.05, 0.1) is 19.3 Å². The van der Waals surface area contributed by atoms with E-state index in [0.717, 1.165) is 19.3 Å². The third-order valence-corrected chi connectivity index (χ3v) is 2.47. The highest BCUT2D eigenvalue weighted by Gasteiger charge is 2.09. The van der Waals surface area contributed by atoms with Crippen LogP contribution in [0.25, 0.3) is 0 Å². The minimum absolute atomic E-state index is 0.166. The molecular formula is C13H18O5. The van der Waals surface area contributed by atoms with Crippen molar-refractivity contribution >= 4 is 5.97 Å². The predicted molar refractivity (Wildman–Crippen MR) is 66.4 cm³/mol. The highest BCUT2D eigenvalue weighted by Crippen LogP contribution is 2.28. The maximum atomic E-state index is 10.8. The molecule has 0 aliphatic heterocycles. The molecule has 5 nitrogen and oxygen atoms in total. The van der Waals surface area contributed by atoms with Crippen molar-refractivity contribution in [3.05, 3.63) is 23.8 Å². The van der Waals surface area contributed by atoms with Crippen molar-refractivity contribution in [2.75, 3.05) is 20.3 Å². The van der Waals surface area contributed by atoms with E-state index in [9.17, 15) is 4.79 Å². The Kier molecular flexibility index (Phi) is 6.00. The Morgan fingerprint density at radius 1 is 1.22 bits per heavy atom. The van der Waals surface area contributed by atoms with E-state index in [4.69, 9.17) is 19.7 Å². The summed E-state index contributed by atoms with van der Waals surface area (Å²) in [6.07, 6.45) is 2.49. The molecule has 2 N–H and O–H groups in total. The average molecular weight is 254 g/mol. The molecule has 0 aliphatic carbocycles. The van der Waals surface area contributed by atoms with Crippen LogP contribution < -0.4 is 9.47 Å². The number of carboxylic acid groups (broad SMARTS) is 1. The van der Waals surface area contributed by atoms with E-state index in [1.807, 2.05) is 0 Å². The highest BCUT2D eigenvalue weighted by molar-refractivity contribution is 5.88. The molecule has 0 aliphatic rings. The van der Waals surface area contributed by atoms with Gasteiger partial charge in [-0.3, -0.25) is 0 Å². The number of aromatic carboxylic acids is 1. The first kappa shape index (κ1) is 14.3. The van der Waals surface area contributed by atoms with Crippen molar-refractivity contribution in [2.45, 2.75) is 19.3 Å². The van der Waals surface area contributed by atoms with Crippen LogP contribution in [0.1, 0.15) is 29.6 Å². The van der Waals surface area contributed by atoms with E-state index in [0.29, 0.717) is 18.1 Å². The van der Waals surface area contributed by atoms with Crippen LogP contribution >= 0.6 is 0 Å². The van der Waals surface area contributed by atoms with E-state index < -0.39 is 5.97 Å². The number of carboxylic acids is 1. The lowest BCUT2D eigenvalue weighted by Crippen LogP contribution is -2.02. The van der Waals surface area contributed by atoms with Crippen molar-refractivity contribution in [1.82, 2.24) is 0 Å². The summed E-state index contributed by atoms with van der Waals surface area (Å²) >= 11 is 0. The number of benzene rings is 1. The molecule has 1 aromatic carbocycles. The zero-order valence-corrected chi connectivity index (χ0v) is 10.4. The van der Waals surface area contributed by atoms with Gasteiger partial charge in [-0.15, -0.1) is 0 Å². The van der Waals surface area contributed by atoms with Crippen LogP contribution in [0.5, 0.6) is 11.5 Å². The smallest absolute Gasteiger partial charge is 0.335 e. The molecule has 0 fully saturated rings. The normalized spacial score (nSPS) is 10.1. The summed E-state index contributed by atoms with van der Waals surface area (Å²) in [4.78, 5) is 10.8. The first-order valence-corrected chi connectivity index (χ1v) is 5.84. The van der Waals surface area contributed by atoms with Crippen LogP contribution in [0.2, 0.25) is 0 Å². The van der Waals surface area contributed by atoms with Crippen LogP contribution in [0.3, 0.4) is 0 Å². The molecule has 0 saturated carbocycles. The molecule has 1 aromatic rings. The number of hydrogen-bond donors (Lipinski definition) is 2. The third-order valence-electron chi connectivity index (χ3n) is 2.47. The van der Waals surface area contributed by atoms with Gasteiger partial charge in [0.1, 0.15) is 0 Å². The SMILES string of the molecule is COc1cc(C(=O)O)ccc1OCCCCCO. The monoisotopic (exact) mass is 254 g/mol. The fourth-order valence-electron chi connectivity index (χ4n) is 1.49.